The highest BCUT2D eigenvalue weighted by molar-refractivity contribution is 6.69. The summed E-state index contributed by atoms with van der Waals surface area (Å²) in [5, 5.41) is 14.1. The standard InChI is InChI=1S/C13H27N3O2Si/c1-12(2,17)10-7-8-13(3,18-19(4,5)6)11(9-10)15-16-14/h10-11,17H,7-9H2,1-6H3/t10-,11-,13-/m0/s1. The molecule has 1 rings (SSSR count). The van der Waals surface area contributed by atoms with Crippen LogP contribution in [0.3, 0.4) is 0 Å². The van der Waals surface area contributed by atoms with E-state index in [9.17, 15) is 5.11 Å². The first kappa shape index (κ1) is 16.5. The molecule has 3 atom stereocenters. The Balaban J connectivity index is 2.93. The molecule has 0 bridgehead atoms. The van der Waals surface area contributed by atoms with Gasteiger partial charge in [0.1, 0.15) is 0 Å². The molecule has 110 valence electrons. The van der Waals surface area contributed by atoms with Crippen molar-refractivity contribution in [2.24, 2.45) is 11.0 Å². The number of azide groups is 1. The molecule has 0 heterocycles. The third-order valence-electron chi connectivity index (χ3n) is 3.93. The van der Waals surface area contributed by atoms with Gasteiger partial charge < -0.3 is 9.53 Å². The summed E-state index contributed by atoms with van der Waals surface area (Å²) in [5.41, 5.74) is 7.67. The average molecular weight is 285 g/mol. The number of nitrogens with zero attached hydrogens (tertiary/aromatic N) is 3. The fourth-order valence-corrected chi connectivity index (χ4v) is 4.59. The molecule has 0 aromatic heterocycles. The summed E-state index contributed by atoms with van der Waals surface area (Å²) in [6, 6.07) is -0.200. The van der Waals surface area contributed by atoms with Crippen LogP contribution in [0.5, 0.6) is 0 Å². The lowest BCUT2D eigenvalue weighted by molar-refractivity contribution is -0.0544. The lowest BCUT2D eigenvalue weighted by Gasteiger charge is -2.47. The van der Waals surface area contributed by atoms with Gasteiger partial charge in [0.15, 0.2) is 8.32 Å². The molecule has 0 amide bonds. The second-order valence-corrected chi connectivity index (χ2v) is 11.8. The highest BCUT2D eigenvalue weighted by atomic mass is 28.4. The van der Waals surface area contributed by atoms with Crippen molar-refractivity contribution in [3.63, 3.8) is 0 Å². The summed E-state index contributed by atoms with van der Waals surface area (Å²) in [7, 11) is -1.70. The van der Waals surface area contributed by atoms with Crippen LogP contribution in [0.25, 0.3) is 10.4 Å². The lowest BCUT2D eigenvalue weighted by atomic mass is 9.71. The fourth-order valence-electron chi connectivity index (χ4n) is 2.96. The van der Waals surface area contributed by atoms with Gasteiger partial charge in [-0.05, 0) is 71.1 Å². The third kappa shape index (κ3) is 4.49. The zero-order valence-corrected chi connectivity index (χ0v) is 14.0. The quantitative estimate of drug-likeness (QED) is 0.368. The molecule has 0 aromatic carbocycles. The van der Waals surface area contributed by atoms with Crippen molar-refractivity contribution >= 4 is 8.32 Å². The summed E-state index contributed by atoms with van der Waals surface area (Å²) in [6.45, 7) is 12.1. The van der Waals surface area contributed by atoms with Crippen LogP contribution in [-0.2, 0) is 4.43 Å². The van der Waals surface area contributed by atoms with Crippen molar-refractivity contribution in [3.05, 3.63) is 10.4 Å². The Labute approximate surface area is 117 Å². The Morgan fingerprint density at radius 3 is 2.42 bits per heavy atom. The summed E-state index contributed by atoms with van der Waals surface area (Å²) >= 11 is 0. The summed E-state index contributed by atoms with van der Waals surface area (Å²) < 4.78 is 6.28. The predicted molar refractivity (Wildman–Crippen MR) is 79.4 cm³/mol. The minimum atomic E-state index is -1.70. The molecular formula is C13H27N3O2Si. The zero-order valence-electron chi connectivity index (χ0n) is 13.0. The molecule has 1 aliphatic carbocycles. The van der Waals surface area contributed by atoms with Gasteiger partial charge in [0.25, 0.3) is 0 Å². The second-order valence-electron chi connectivity index (χ2n) is 7.37. The molecule has 0 spiro atoms. The SMILES string of the molecule is CC(C)(O)[C@H]1CC[C@](C)(O[Si](C)(C)C)[C@@H](N=[N+]=[N-])C1. The normalized spacial score (nSPS) is 32.8. The molecule has 1 aliphatic rings. The number of hydrogen-bond donors (Lipinski definition) is 1. The van der Waals surface area contributed by atoms with Crippen molar-refractivity contribution in [2.45, 2.75) is 76.9 Å². The van der Waals surface area contributed by atoms with E-state index < -0.39 is 19.5 Å². The Hall–Kier alpha value is -0.553. The van der Waals surface area contributed by atoms with Crippen molar-refractivity contribution in [1.29, 1.82) is 0 Å². The molecule has 1 fully saturated rings. The van der Waals surface area contributed by atoms with Crippen LogP contribution in [0, 0.1) is 5.92 Å². The maximum absolute atomic E-state index is 10.2. The van der Waals surface area contributed by atoms with Crippen molar-refractivity contribution in [2.75, 3.05) is 0 Å². The van der Waals surface area contributed by atoms with Crippen LogP contribution in [0.4, 0.5) is 0 Å². The highest BCUT2D eigenvalue weighted by Gasteiger charge is 2.45. The molecule has 0 radical (unpaired) electrons. The average Bonchev–Trinajstić information content (AvgIpc) is 2.17. The minimum Gasteiger partial charge on any atom is -0.412 e. The van der Waals surface area contributed by atoms with Crippen molar-refractivity contribution in [3.8, 4) is 0 Å². The topological polar surface area (TPSA) is 78.2 Å². The highest BCUT2D eigenvalue weighted by Crippen LogP contribution is 2.42. The van der Waals surface area contributed by atoms with Gasteiger partial charge in [-0.2, -0.15) is 0 Å². The van der Waals surface area contributed by atoms with E-state index in [4.69, 9.17) is 9.96 Å². The Morgan fingerprint density at radius 1 is 1.42 bits per heavy atom. The lowest BCUT2D eigenvalue weighted by Crippen LogP contribution is -2.53. The van der Waals surface area contributed by atoms with Gasteiger partial charge in [0.2, 0.25) is 0 Å². The van der Waals surface area contributed by atoms with E-state index in [1.54, 1.807) is 0 Å². The van der Waals surface area contributed by atoms with Gasteiger partial charge in [-0.25, -0.2) is 0 Å². The fraction of sp³-hybridized carbons (Fsp3) is 1.00. The van der Waals surface area contributed by atoms with Crippen LogP contribution in [0.2, 0.25) is 19.6 Å². The van der Waals surface area contributed by atoms with Crippen LogP contribution >= 0.6 is 0 Å². The number of hydrogen-bond acceptors (Lipinski definition) is 3. The molecule has 0 unspecified atom stereocenters. The van der Waals surface area contributed by atoms with Gasteiger partial charge in [-0.1, -0.05) is 5.11 Å². The maximum Gasteiger partial charge on any atom is 0.184 e. The van der Waals surface area contributed by atoms with Gasteiger partial charge in [0.05, 0.1) is 17.2 Å². The summed E-state index contributed by atoms with van der Waals surface area (Å²) in [5.74, 6) is 0.154. The molecule has 1 N–H and O–H groups in total. The number of rotatable bonds is 4. The van der Waals surface area contributed by atoms with E-state index in [0.29, 0.717) is 6.42 Å². The second kappa shape index (κ2) is 5.44. The van der Waals surface area contributed by atoms with Crippen LogP contribution in [-0.4, -0.2) is 30.7 Å². The first-order chi connectivity index (χ1) is 8.48. The summed E-state index contributed by atoms with van der Waals surface area (Å²) in [4.78, 5) is 2.98. The Morgan fingerprint density at radius 2 is 2.00 bits per heavy atom. The largest absolute Gasteiger partial charge is 0.412 e. The molecule has 19 heavy (non-hydrogen) atoms. The predicted octanol–water partition coefficient (Wildman–Crippen LogP) is 3.85. The molecule has 1 saturated carbocycles. The monoisotopic (exact) mass is 285 g/mol. The van der Waals surface area contributed by atoms with Crippen molar-refractivity contribution < 1.29 is 9.53 Å². The van der Waals surface area contributed by atoms with Crippen LogP contribution in [0.15, 0.2) is 5.11 Å². The zero-order chi connectivity index (χ0) is 14.9. The maximum atomic E-state index is 10.2. The first-order valence-electron chi connectivity index (χ1n) is 6.95. The van der Waals surface area contributed by atoms with E-state index in [0.717, 1.165) is 12.8 Å². The van der Waals surface area contributed by atoms with Gasteiger partial charge in [-0.15, -0.1) is 0 Å². The molecular weight excluding hydrogens is 258 g/mol. The van der Waals surface area contributed by atoms with Crippen LogP contribution in [0.1, 0.15) is 40.0 Å². The van der Waals surface area contributed by atoms with Gasteiger partial charge in [-0.3, -0.25) is 0 Å². The molecule has 0 aromatic rings. The minimum absolute atomic E-state index is 0.154. The van der Waals surface area contributed by atoms with E-state index in [1.165, 1.54) is 0 Å². The van der Waals surface area contributed by atoms with Crippen molar-refractivity contribution in [1.82, 2.24) is 0 Å². The van der Waals surface area contributed by atoms with E-state index in [-0.39, 0.29) is 12.0 Å². The van der Waals surface area contributed by atoms with E-state index >= 15 is 0 Å². The first-order valence-corrected chi connectivity index (χ1v) is 10.4. The van der Waals surface area contributed by atoms with Gasteiger partial charge in [0, 0.05) is 4.91 Å². The Kier molecular flexibility index (Phi) is 4.73. The number of aliphatic hydroxyl groups is 1. The molecule has 5 nitrogen and oxygen atoms in total. The van der Waals surface area contributed by atoms with Gasteiger partial charge >= 0.3 is 0 Å². The Bertz CT molecular complexity index is 369. The molecule has 0 saturated heterocycles. The van der Waals surface area contributed by atoms with Crippen LogP contribution < -0.4 is 0 Å². The third-order valence-corrected chi connectivity index (χ3v) is 5.01. The smallest absolute Gasteiger partial charge is 0.184 e. The molecule has 6 heteroatoms. The molecule has 0 aliphatic heterocycles. The van der Waals surface area contributed by atoms with E-state index in [2.05, 4.69) is 29.7 Å². The van der Waals surface area contributed by atoms with E-state index in [1.807, 2.05) is 20.8 Å². The summed E-state index contributed by atoms with van der Waals surface area (Å²) in [6.07, 6.45) is 2.42.